The van der Waals surface area contributed by atoms with Gasteiger partial charge in [0.25, 0.3) is 0 Å². The average molecular weight is 485 g/mol. The second-order valence-electron chi connectivity index (χ2n) is 7.99. The number of ether oxygens (including phenoxy) is 3. The Bertz CT molecular complexity index is 968. The first-order valence-electron chi connectivity index (χ1n) is 11.2. The van der Waals surface area contributed by atoms with E-state index in [9.17, 15) is 9.90 Å². The van der Waals surface area contributed by atoms with E-state index >= 15 is 0 Å². The minimum absolute atomic E-state index is 0.0150. The molecule has 1 aliphatic rings. The molecular formula is C26H32N2O5S. The molecule has 2 aromatic rings. The fraction of sp³-hybridized carbons (Fsp3) is 0.423. The zero-order valence-electron chi connectivity index (χ0n) is 19.5. The fourth-order valence-electron chi connectivity index (χ4n) is 3.99. The molecule has 0 unspecified atom stereocenters. The van der Waals surface area contributed by atoms with Gasteiger partial charge < -0.3 is 24.2 Å². The predicted octanol–water partition coefficient (Wildman–Crippen LogP) is 2.76. The normalized spacial score (nSPS) is 15.9. The highest BCUT2D eigenvalue weighted by atomic mass is 32.1. The molecule has 0 spiro atoms. The van der Waals surface area contributed by atoms with Crippen molar-refractivity contribution in [2.45, 2.75) is 18.6 Å². The first-order valence-corrected chi connectivity index (χ1v) is 12.1. The fourth-order valence-corrected chi connectivity index (χ4v) is 4.92. The molecule has 8 heteroatoms. The van der Waals surface area contributed by atoms with Crippen LogP contribution in [0.2, 0.25) is 0 Å². The maximum absolute atomic E-state index is 13.4. The summed E-state index contributed by atoms with van der Waals surface area (Å²) in [6.45, 7) is 5.94. The molecule has 1 amide bonds. The summed E-state index contributed by atoms with van der Waals surface area (Å²) in [6, 6.07) is 9.31. The number of thiophene rings is 1. The molecule has 0 radical (unpaired) electrons. The molecule has 182 valence electrons. The van der Waals surface area contributed by atoms with Gasteiger partial charge in [-0.25, -0.2) is 0 Å². The number of carbonyl (C=O) groups is 1. The Hall–Kier alpha value is -2.83. The van der Waals surface area contributed by atoms with Gasteiger partial charge in [0, 0.05) is 24.5 Å². The van der Waals surface area contributed by atoms with Crippen LogP contribution in [0.5, 0.6) is 11.5 Å². The standard InChI is InChI=1S/C26H32N2O5S/c1-4-12-27(16-20(29)18-32-14-5-2)17-26(30)28-13-10-25-23(11-15-34-25)24(28)19-33-22-8-6-21(31-3)7-9-22/h2,4,6-9,11,15,20,24,29H,1,10,12-14,16-19H2,3H3/t20-,24+/m1/s1. The highest BCUT2D eigenvalue weighted by Crippen LogP contribution is 2.34. The summed E-state index contributed by atoms with van der Waals surface area (Å²) < 4.78 is 16.5. The Morgan fingerprint density at radius 3 is 2.85 bits per heavy atom. The molecule has 34 heavy (non-hydrogen) atoms. The van der Waals surface area contributed by atoms with E-state index in [4.69, 9.17) is 20.6 Å². The largest absolute Gasteiger partial charge is 0.497 e. The van der Waals surface area contributed by atoms with E-state index in [1.54, 1.807) is 24.5 Å². The lowest BCUT2D eigenvalue weighted by Gasteiger charge is -2.37. The van der Waals surface area contributed by atoms with Crippen molar-refractivity contribution in [3.05, 3.63) is 58.8 Å². The van der Waals surface area contributed by atoms with Crippen molar-refractivity contribution in [1.82, 2.24) is 9.80 Å². The van der Waals surface area contributed by atoms with Gasteiger partial charge in [0.2, 0.25) is 5.91 Å². The highest BCUT2D eigenvalue weighted by molar-refractivity contribution is 7.10. The van der Waals surface area contributed by atoms with Crippen LogP contribution in [0.1, 0.15) is 16.5 Å². The number of nitrogens with zero attached hydrogens (tertiary/aromatic N) is 2. The van der Waals surface area contributed by atoms with Gasteiger partial charge in [0.1, 0.15) is 24.7 Å². The predicted molar refractivity (Wildman–Crippen MR) is 133 cm³/mol. The number of carbonyl (C=O) groups excluding carboxylic acids is 1. The molecule has 0 bridgehead atoms. The van der Waals surface area contributed by atoms with Gasteiger partial charge in [-0.3, -0.25) is 9.69 Å². The highest BCUT2D eigenvalue weighted by Gasteiger charge is 2.33. The molecule has 2 atom stereocenters. The Balaban J connectivity index is 1.67. The van der Waals surface area contributed by atoms with Gasteiger partial charge in [-0.15, -0.1) is 24.3 Å². The van der Waals surface area contributed by atoms with E-state index in [0.717, 1.165) is 23.5 Å². The third kappa shape index (κ3) is 7.08. The number of benzene rings is 1. The van der Waals surface area contributed by atoms with Crippen molar-refractivity contribution in [3.63, 3.8) is 0 Å². The molecule has 0 saturated heterocycles. The lowest BCUT2D eigenvalue weighted by atomic mass is 10.0. The Morgan fingerprint density at radius 2 is 2.15 bits per heavy atom. The first-order chi connectivity index (χ1) is 16.5. The number of hydrogen-bond donors (Lipinski definition) is 1. The molecule has 0 saturated carbocycles. The number of aliphatic hydroxyl groups is 1. The smallest absolute Gasteiger partial charge is 0.237 e. The van der Waals surface area contributed by atoms with Crippen molar-refractivity contribution < 1.29 is 24.1 Å². The number of rotatable bonds is 13. The Labute approximate surface area is 205 Å². The lowest BCUT2D eigenvalue weighted by molar-refractivity contribution is -0.136. The van der Waals surface area contributed by atoms with Crippen molar-refractivity contribution in [2.75, 3.05) is 53.1 Å². The molecule has 0 fully saturated rings. The van der Waals surface area contributed by atoms with Gasteiger partial charge in [-0.2, -0.15) is 0 Å². The van der Waals surface area contributed by atoms with Crippen LogP contribution in [0.25, 0.3) is 0 Å². The van der Waals surface area contributed by atoms with Crippen molar-refractivity contribution in [3.8, 4) is 23.8 Å². The van der Waals surface area contributed by atoms with E-state index in [2.05, 4.69) is 23.9 Å². The number of fused-ring (bicyclic) bond motifs is 1. The third-order valence-corrected chi connectivity index (χ3v) is 6.59. The molecule has 1 N–H and O–H groups in total. The summed E-state index contributed by atoms with van der Waals surface area (Å²) in [5.74, 6) is 3.84. The Kier molecular flexibility index (Phi) is 9.98. The van der Waals surface area contributed by atoms with E-state index in [0.29, 0.717) is 19.7 Å². The maximum Gasteiger partial charge on any atom is 0.237 e. The summed E-state index contributed by atoms with van der Waals surface area (Å²) in [5, 5.41) is 12.3. The van der Waals surface area contributed by atoms with Crippen LogP contribution in [0.15, 0.2) is 48.4 Å². The monoisotopic (exact) mass is 484 g/mol. The zero-order chi connectivity index (χ0) is 24.3. The number of terminal acetylenes is 1. The topological polar surface area (TPSA) is 71.5 Å². The summed E-state index contributed by atoms with van der Waals surface area (Å²) in [5.41, 5.74) is 1.14. The van der Waals surface area contributed by atoms with E-state index in [1.807, 2.05) is 34.1 Å². The summed E-state index contributed by atoms with van der Waals surface area (Å²) in [6.07, 6.45) is 6.97. The summed E-state index contributed by atoms with van der Waals surface area (Å²) in [4.78, 5) is 18.4. The van der Waals surface area contributed by atoms with Crippen LogP contribution < -0.4 is 9.47 Å². The van der Waals surface area contributed by atoms with Crippen LogP contribution in [-0.4, -0.2) is 80.0 Å². The van der Waals surface area contributed by atoms with Gasteiger partial charge in [-0.05, 0) is 47.7 Å². The second kappa shape index (κ2) is 13.2. The van der Waals surface area contributed by atoms with E-state index < -0.39 is 6.10 Å². The molecule has 7 nitrogen and oxygen atoms in total. The van der Waals surface area contributed by atoms with E-state index in [1.165, 1.54) is 4.88 Å². The number of amides is 1. The number of methoxy groups -OCH3 is 1. The summed E-state index contributed by atoms with van der Waals surface area (Å²) >= 11 is 1.71. The van der Waals surface area contributed by atoms with Crippen LogP contribution in [0, 0.1) is 12.3 Å². The van der Waals surface area contributed by atoms with Crippen LogP contribution >= 0.6 is 11.3 Å². The third-order valence-electron chi connectivity index (χ3n) is 5.59. The number of hydrogen-bond acceptors (Lipinski definition) is 7. The van der Waals surface area contributed by atoms with Crippen LogP contribution in [0.3, 0.4) is 0 Å². The van der Waals surface area contributed by atoms with Crippen molar-refractivity contribution in [2.24, 2.45) is 0 Å². The van der Waals surface area contributed by atoms with Gasteiger partial charge in [-0.1, -0.05) is 12.0 Å². The molecule has 3 rings (SSSR count). The van der Waals surface area contributed by atoms with E-state index in [-0.39, 0.29) is 38.3 Å². The van der Waals surface area contributed by atoms with Gasteiger partial charge >= 0.3 is 0 Å². The Morgan fingerprint density at radius 1 is 1.38 bits per heavy atom. The van der Waals surface area contributed by atoms with Crippen LogP contribution in [0.4, 0.5) is 0 Å². The van der Waals surface area contributed by atoms with Crippen LogP contribution in [-0.2, 0) is 16.0 Å². The lowest BCUT2D eigenvalue weighted by Crippen LogP contribution is -2.48. The molecule has 1 aromatic carbocycles. The molecular weight excluding hydrogens is 452 g/mol. The van der Waals surface area contributed by atoms with Gasteiger partial charge in [0.05, 0.1) is 32.4 Å². The zero-order valence-corrected chi connectivity index (χ0v) is 20.3. The summed E-state index contributed by atoms with van der Waals surface area (Å²) in [7, 11) is 1.62. The van der Waals surface area contributed by atoms with Crippen molar-refractivity contribution in [1.29, 1.82) is 0 Å². The maximum atomic E-state index is 13.4. The minimum Gasteiger partial charge on any atom is -0.497 e. The molecule has 1 aliphatic heterocycles. The van der Waals surface area contributed by atoms with Crippen molar-refractivity contribution >= 4 is 17.2 Å². The minimum atomic E-state index is -0.750. The molecule has 2 heterocycles. The molecule has 0 aliphatic carbocycles. The molecule has 1 aromatic heterocycles. The quantitative estimate of drug-likeness (QED) is 0.268. The average Bonchev–Trinajstić information content (AvgIpc) is 3.32. The second-order valence-corrected chi connectivity index (χ2v) is 9.00. The van der Waals surface area contributed by atoms with Gasteiger partial charge in [0.15, 0.2) is 0 Å². The SMILES string of the molecule is C#CCOC[C@H](O)CN(CC=C)CC(=O)N1CCc2sccc2[C@@H]1COc1ccc(OC)cc1. The first kappa shape index (κ1) is 25.8. The number of aliphatic hydroxyl groups excluding tert-OH is 1.